The highest BCUT2D eigenvalue weighted by Crippen LogP contribution is 2.21. The number of carbonyl (C=O) groups excluding carboxylic acids is 2. The molecule has 2 N–H and O–H groups in total. The number of nitrogens with zero attached hydrogens (tertiary/aromatic N) is 2. The Kier molecular flexibility index (Phi) is 10.9. The van der Waals surface area contributed by atoms with Gasteiger partial charge in [0, 0.05) is 37.6 Å². The van der Waals surface area contributed by atoms with Crippen molar-refractivity contribution in [1.29, 1.82) is 0 Å². The van der Waals surface area contributed by atoms with Gasteiger partial charge in [-0.15, -0.1) is 0 Å². The van der Waals surface area contributed by atoms with Crippen molar-refractivity contribution in [2.75, 3.05) is 11.3 Å². The summed E-state index contributed by atoms with van der Waals surface area (Å²) in [6.45, 7) is 0.0346. The van der Waals surface area contributed by atoms with Gasteiger partial charge in [0.05, 0.1) is 4.90 Å². The van der Waals surface area contributed by atoms with Crippen molar-refractivity contribution in [3.8, 4) is 5.75 Å². The molecule has 5 rings (SSSR count). The fourth-order valence-corrected chi connectivity index (χ4v) is 5.88. The van der Waals surface area contributed by atoms with Crippen molar-refractivity contribution in [1.82, 2.24) is 15.2 Å². The topological polar surface area (TPSA) is 118 Å². The number of carbonyl (C=O) groups is 2. The van der Waals surface area contributed by atoms with E-state index < -0.39 is 34.4 Å². The second kappa shape index (κ2) is 15.6. The number of sulfonamides is 1. The quantitative estimate of drug-likeness (QED) is 0.167. The first-order valence-corrected chi connectivity index (χ1v) is 16.3. The highest BCUT2D eigenvalue weighted by molar-refractivity contribution is 7.92. The number of anilines is 1. The normalized spacial score (nSPS) is 11.7. The molecule has 1 aromatic heterocycles. The Balaban J connectivity index is 1.33. The molecule has 0 saturated heterocycles. The number of aromatic nitrogens is 1. The van der Waals surface area contributed by atoms with E-state index in [1.54, 1.807) is 12.4 Å². The molecule has 9 nitrogen and oxygen atoms in total. The first-order chi connectivity index (χ1) is 22.8. The Hall–Kier alpha value is -5.55. The molecule has 0 unspecified atom stereocenters. The zero-order valence-electron chi connectivity index (χ0n) is 25.3. The number of pyridine rings is 1. The standard InChI is InChI=1S/C36H33FN4O5S/c37-30-11-13-31(14-12-30)40-47(44,45)33-17-15-32(16-18-33)46-26-35(42)41(25-29-9-5-2-6-10-29)34(23-27-7-3-1-4-8-27)36(43)39-24-28-19-21-38-22-20-28/h1-22,34,40H,23-26H2,(H,39,43)/t34-/m0/s1. The predicted octanol–water partition coefficient (Wildman–Crippen LogP) is 5.36. The molecule has 5 aromatic rings. The Bertz CT molecular complexity index is 1860. The third-order valence-corrected chi connectivity index (χ3v) is 8.67. The van der Waals surface area contributed by atoms with Crippen molar-refractivity contribution < 1.29 is 27.1 Å². The fourth-order valence-electron chi connectivity index (χ4n) is 4.82. The largest absolute Gasteiger partial charge is 0.484 e. The molecule has 11 heteroatoms. The predicted molar refractivity (Wildman–Crippen MR) is 176 cm³/mol. The SMILES string of the molecule is O=C(NCc1ccncc1)[C@H](Cc1ccccc1)N(Cc1ccccc1)C(=O)COc1ccc(S(=O)(=O)Nc2ccc(F)cc2)cc1. The second-order valence-electron chi connectivity index (χ2n) is 10.7. The molecule has 0 fully saturated rings. The fraction of sp³-hybridized carbons (Fsp3) is 0.139. The summed E-state index contributed by atoms with van der Waals surface area (Å²) in [5, 5.41) is 2.97. The molecule has 4 aromatic carbocycles. The number of benzene rings is 4. The van der Waals surface area contributed by atoms with Crippen molar-refractivity contribution in [2.45, 2.75) is 30.4 Å². The maximum atomic E-state index is 13.9. The van der Waals surface area contributed by atoms with Gasteiger partial charge in [-0.2, -0.15) is 0 Å². The number of hydrogen-bond donors (Lipinski definition) is 2. The van der Waals surface area contributed by atoms with Crippen molar-refractivity contribution in [3.63, 3.8) is 0 Å². The van der Waals surface area contributed by atoms with E-state index >= 15 is 0 Å². The summed E-state index contributed by atoms with van der Waals surface area (Å²) in [4.78, 5) is 33.1. The van der Waals surface area contributed by atoms with Crippen LogP contribution in [0.4, 0.5) is 10.1 Å². The van der Waals surface area contributed by atoms with E-state index in [2.05, 4.69) is 15.0 Å². The van der Waals surface area contributed by atoms with E-state index in [9.17, 15) is 22.4 Å². The maximum absolute atomic E-state index is 13.9. The Morgan fingerprint density at radius 3 is 2.02 bits per heavy atom. The molecule has 0 bridgehead atoms. The van der Waals surface area contributed by atoms with Crippen LogP contribution in [0.3, 0.4) is 0 Å². The van der Waals surface area contributed by atoms with Gasteiger partial charge in [-0.3, -0.25) is 19.3 Å². The van der Waals surface area contributed by atoms with Gasteiger partial charge >= 0.3 is 0 Å². The lowest BCUT2D eigenvalue weighted by molar-refractivity contribution is -0.142. The van der Waals surface area contributed by atoms with Crippen LogP contribution in [0.1, 0.15) is 16.7 Å². The monoisotopic (exact) mass is 652 g/mol. The van der Waals surface area contributed by atoms with Crippen LogP contribution in [0.25, 0.3) is 0 Å². The van der Waals surface area contributed by atoms with Gasteiger partial charge in [-0.05, 0) is 77.4 Å². The number of halogens is 1. The molecule has 0 spiro atoms. The van der Waals surface area contributed by atoms with Gasteiger partial charge in [-0.1, -0.05) is 60.7 Å². The van der Waals surface area contributed by atoms with Crippen molar-refractivity contribution >= 4 is 27.5 Å². The van der Waals surface area contributed by atoms with Crippen molar-refractivity contribution in [3.05, 3.63) is 156 Å². The van der Waals surface area contributed by atoms with Crippen LogP contribution in [0.15, 0.2) is 139 Å². The number of nitrogens with one attached hydrogen (secondary N) is 2. The molecule has 2 amide bonds. The molecular formula is C36H33FN4O5S. The van der Waals surface area contributed by atoms with Crippen LogP contribution in [0.2, 0.25) is 0 Å². The molecule has 0 aliphatic rings. The van der Waals surface area contributed by atoms with Gasteiger partial charge in [0.1, 0.15) is 17.6 Å². The van der Waals surface area contributed by atoms with Crippen LogP contribution < -0.4 is 14.8 Å². The molecule has 1 atom stereocenters. The average molecular weight is 653 g/mol. The number of amides is 2. The molecule has 240 valence electrons. The maximum Gasteiger partial charge on any atom is 0.261 e. The summed E-state index contributed by atoms with van der Waals surface area (Å²) in [6, 6.07) is 32.1. The molecule has 0 aliphatic heterocycles. The van der Waals surface area contributed by atoms with Crippen LogP contribution in [0.5, 0.6) is 5.75 Å². The summed E-state index contributed by atoms with van der Waals surface area (Å²) in [7, 11) is -3.95. The van der Waals surface area contributed by atoms with Gasteiger partial charge in [0.15, 0.2) is 6.61 Å². The molecular weight excluding hydrogens is 619 g/mol. The number of ether oxygens (including phenoxy) is 1. The Morgan fingerprint density at radius 1 is 0.766 bits per heavy atom. The van der Waals surface area contributed by atoms with E-state index in [-0.39, 0.29) is 41.7 Å². The zero-order chi connectivity index (χ0) is 33.1. The minimum Gasteiger partial charge on any atom is -0.484 e. The molecule has 1 heterocycles. The van der Waals surface area contributed by atoms with E-state index in [4.69, 9.17) is 4.74 Å². The minimum absolute atomic E-state index is 0.0417. The summed E-state index contributed by atoms with van der Waals surface area (Å²) in [5.74, 6) is -0.967. The van der Waals surface area contributed by atoms with Crippen LogP contribution in [0, 0.1) is 5.82 Å². The van der Waals surface area contributed by atoms with Crippen LogP contribution in [-0.2, 0) is 39.1 Å². The zero-order valence-corrected chi connectivity index (χ0v) is 26.1. The summed E-state index contributed by atoms with van der Waals surface area (Å²) in [6.07, 6.45) is 3.57. The van der Waals surface area contributed by atoms with E-state index in [1.807, 2.05) is 72.8 Å². The smallest absolute Gasteiger partial charge is 0.261 e. The average Bonchev–Trinajstić information content (AvgIpc) is 3.10. The molecule has 0 radical (unpaired) electrons. The van der Waals surface area contributed by atoms with E-state index in [1.165, 1.54) is 41.3 Å². The molecule has 47 heavy (non-hydrogen) atoms. The Morgan fingerprint density at radius 2 is 1.38 bits per heavy atom. The summed E-state index contributed by atoms with van der Waals surface area (Å²) in [5.41, 5.74) is 2.80. The van der Waals surface area contributed by atoms with Gasteiger partial charge in [0.25, 0.3) is 15.9 Å². The van der Waals surface area contributed by atoms with Crippen molar-refractivity contribution in [2.24, 2.45) is 0 Å². The van der Waals surface area contributed by atoms with Gasteiger partial charge in [-0.25, -0.2) is 12.8 Å². The van der Waals surface area contributed by atoms with E-state index in [0.717, 1.165) is 28.8 Å². The third kappa shape index (κ3) is 9.47. The summed E-state index contributed by atoms with van der Waals surface area (Å²) >= 11 is 0. The van der Waals surface area contributed by atoms with Crippen LogP contribution >= 0.6 is 0 Å². The molecule has 0 aliphatic carbocycles. The first-order valence-electron chi connectivity index (χ1n) is 14.8. The molecule has 0 saturated carbocycles. The van der Waals surface area contributed by atoms with Crippen LogP contribution in [-0.4, -0.2) is 42.8 Å². The first kappa shape index (κ1) is 32.8. The highest BCUT2D eigenvalue weighted by Gasteiger charge is 2.30. The lowest BCUT2D eigenvalue weighted by Crippen LogP contribution is -2.51. The second-order valence-corrected chi connectivity index (χ2v) is 12.3. The van der Waals surface area contributed by atoms with Gasteiger partial charge < -0.3 is 15.0 Å². The van der Waals surface area contributed by atoms with Gasteiger partial charge in [0.2, 0.25) is 5.91 Å². The van der Waals surface area contributed by atoms with E-state index in [0.29, 0.717) is 0 Å². The Labute approximate surface area is 273 Å². The third-order valence-electron chi connectivity index (χ3n) is 7.28. The number of hydrogen-bond acceptors (Lipinski definition) is 6. The highest BCUT2D eigenvalue weighted by atomic mass is 32.2. The lowest BCUT2D eigenvalue weighted by atomic mass is 10.0. The summed E-state index contributed by atoms with van der Waals surface area (Å²) < 4.78 is 47.0. The number of rotatable bonds is 14. The minimum atomic E-state index is -3.95. The lowest BCUT2D eigenvalue weighted by Gasteiger charge is -2.31.